The zero-order chi connectivity index (χ0) is 20.5. The lowest BCUT2D eigenvalue weighted by atomic mass is 9.86. The fourth-order valence-corrected chi connectivity index (χ4v) is 3.21. The van der Waals surface area contributed by atoms with E-state index in [0.717, 1.165) is 19.3 Å². The van der Waals surface area contributed by atoms with Gasteiger partial charge in [-0.3, -0.25) is 14.4 Å². The fraction of sp³-hybridized carbons (Fsp3) is 0.550. The van der Waals surface area contributed by atoms with Crippen LogP contribution in [0, 0.1) is 5.92 Å². The normalized spacial score (nSPS) is 18.7. The average molecular weight is 392 g/mol. The van der Waals surface area contributed by atoms with Gasteiger partial charge in [0.15, 0.2) is 18.1 Å². The minimum Gasteiger partial charge on any atom is -0.493 e. The van der Waals surface area contributed by atoms with Crippen LogP contribution < -0.4 is 20.1 Å². The zero-order valence-corrected chi connectivity index (χ0v) is 16.6. The van der Waals surface area contributed by atoms with Gasteiger partial charge in [0.25, 0.3) is 11.8 Å². The Morgan fingerprint density at radius 3 is 2.46 bits per heavy atom. The summed E-state index contributed by atoms with van der Waals surface area (Å²) in [5, 5.41) is 5.37. The molecular weight excluding hydrogens is 364 g/mol. The van der Waals surface area contributed by atoms with Crippen LogP contribution in [-0.4, -0.2) is 51.2 Å². The highest BCUT2D eigenvalue weighted by Gasteiger charge is 2.23. The number of methoxy groups -OCH3 is 2. The molecule has 1 aliphatic rings. The lowest BCUT2D eigenvalue weighted by molar-refractivity contribution is -0.147. The molecule has 28 heavy (non-hydrogen) atoms. The van der Waals surface area contributed by atoms with Gasteiger partial charge >= 0.3 is 5.97 Å². The van der Waals surface area contributed by atoms with Crippen LogP contribution in [0.3, 0.4) is 0 Å². The van der Waals surface area contributed by atoms with Crippen molar-refractivity contribution >= 4 is 17.8 Å². The predicted octanol–water partition coefficient (Wildman–Crippen LogP) is 1.67. The standard InChI is InChI=1S/C20H28N2O6/c1-13-6-4-5-7-15(13)22-18(23)12-28-19(24)11-21-20(25)14-8-9-16(26-2)17(10-14)27-3/h8-10,13,15H,4-7,11-12H2,1-3H3,(H,21,25)(H,22,23)/t13-,15+/m1/s1. The number of amides is 2. The molecule has 2 N–H and O–H groups in total. The van der Waals surface area contributed by atoms with Crippen molar-refractivity contribution in [3.8, 4) is 11.5 Å². The molecule has 0 saturated heterocycles. The molecule has 0 heterocycles. The third-order valence-electron chi connectivity index (χ3n) is 4.86. The lowest BCUT2D eigenvalue weighted by Gasteiger charge is -2.29. The topological polar surface area (TPSA) is 103 Å². The van der Waals surface area contributed by atoms with E-state index in [1.54, 1.807) is 12.1 Å². The average Bonchev–Trinajstić information content (AvgIpc) is 2.71. The number of hydrogen-bond donors (Lipinski definition) is 2. The Labute approximate surface area is 164 Å². The molecule has 0 aliphatic heterocycles. The maximum absolute atomic E-state index is 12.2. The molecule has 8 heteroatoms. The van der Waals surface area contributed by atoms with Crippen LogP contribution in [0.5, 0.6) is 11.5 Å². The molecule has 1 saturated carbocycles. The molecule has 0 unspecified atom stereocenters. The highest BCUT2D eigenvalue weighted by atomic mass is 16.5. The smallest absolute Gasteiger partial charge is 0.325 e. The van der Waals surface area contributed by atoms with E-state index < -0.39 is 11.9 Å². The summed E-state index contributed by atoms with van der Waals surface area (Å²) in [6.45, 7) is 1.42. The zero-order valence-electron chi connectivity index (χ0n) is 16.6. The number of hydrogen-bond acceptors (Lipinski definition) is 6. The molecule has 0 bridgehead atoms. The Morgan fingerprint density at radius 2 is 1.79 bits per heavy atom. The van der Waals surface area contributed by atoms with Gasteiger partial charge in [-0.15, -0.1) is 0 Å². The van der Waals surface area contributed by atoms with Crippen LogP contribution in [0.2, 0.25) is 0 Å². The molecule has 2 atom stereocenters. The van der Waals surface area contributed by atoms with Gasteiger partial charge in [0.2, 0.25) is 0 Å². The van der Waals surface area contributed by atoms with E-state index >= 15 is 0 Å². The SMILES string of the molecule is COc1ccc(C(=O)NCC(=O)OCC(=O)N[C@H]2CCCC[C@H]2C)cc1OC. The Kier molecular flexibility index (Phi) is 8.10. The summed E-state index contributed by atoms with van der Waals surface area (Å²) in [6, 6.07) is 4.80. The van der Waals surface area contributed by atoms with Crippen molar-refractivity contribution in [1.82, 2.24) is 10.6 Å². The number of nitrogens with one attached hydrogen (secondary N) is 2. The number of carbonyl (C=O) groups is 3. The third kappa shape index (κ3) is 6.14. The second-order valence-electron chi connectivity index (χ2n) is 6.85. The van der Waals surface area contributed by atoms with Crippen molar-refractivity contribution in [1.29, 1.82) is 0 Å². The fourth-order valence-electron chi connectivity index (χ4n) is 3.21. The van der Waals surface area contributed by atoms with Gasteiger partial charge in [-0.05, 0) is 37.0 Å². The van der Waals surface area contributed by atoms with E-state index in [1.165, 1.54) is 26.7 Å². The summed E-state index contributed by atoms with van der Waals surface area (Å²) in [6.07, 6.45) is 4.31. The van der Waals surface area contributed by atoms with Crippen LogP contribution >= 0.6 is 0 Å². The highest BCUT2D eigenvalue weighted by Crippen LogP contribution is 2.27. The Balaban J connectivity index is 1.74. The summed E-state index contributed by atoms with van der Waals surface area (Å²) in [5.74, 6) is -0.130. The van der Waals surface area contributed by atoms with E-state index in [1.807, 2.05) is 0 Å². The van der Waals surface area contributed by atoms with Crippen LogP contribution in [0.4, 0.5) is 0 Å². The third-order valence-corrected chi connectivity index (χ3v) is 4.86. The number of carbonyl (C=O) groups excluding carboxylic acids is 3. The minimum atomic E-state index is -0.680. The van der Waals surface area contributed by atoms with E-state index in [9.17, 15) is 14.4 Å². The molecule has 1 fully saturated rings. The second kappa shape index (κ2) is 10.5. The first-order chi connectivity index (χ1) is 13.4. The van der Waals surface area contributed by atoms with E-state index in [0.29, 0.717) is 23.0 Å². The van der Waals surface area contributed by atoms with Crippen LogP contribution in [0.15, 0.2) is 18.2 Å². The van der Waals surface area contributed by atoms with E-state index in [2.05, 4.69) is 17.6 Å². The van der Waals surface area contributed by atoms with Gasteiger partial charge in [0.1, 0.15) is 6.54 Å². The quantitative estimate of drug-likeness (QED) is 0.653. The molecular formula is C20H28N2O6. The minimum absolute atomic E-state index is 0.129. The number of benzene rings is 1. The molecule has 0 radical (unpaired) electrons. The van der Waals surface area contributed by atoms with Gasteiger partial charge in [-0.2, -0.15) is 0 Å². The van der Waals surface area contributed by atoms with Gasteiger partial charge in [0, 0.05) is 11.6 Å². The first-order valence-corrected chi connectivity index (χ1v) is 9.39. The van der Waals surface area contributed by atoms with Crippen molar-refractivity contribution < 1.29 is 28.6 Å². The van der Waals surface area contributed by atoms with E-state index in [-0.39, 0.29) is 25.1 Å². The second-order valence-corrected chi connectivity index (χ2v) is 6.85. The first-order valence-electron chi connectivity index (χ1n) is 9.39. The summed E-state index contributed by atoms with van der Waals surface area (Å²) in [5.41, 5.74) is 0.314. The molecule has 0 spiro atoms. The molecule has 2 rings (SSSR count). The molecule has 154 valence electrons. The Hall–Kier alpha value is -2.77. The van der Waals surface area contributed by atoms with Crippen molar-refractivity contribution in [2.75, 3.05) is 27.4 Å². The molecule has 1 aliphatic carbocycles. The van der Waals surface area contributed by atoms with Gasteiger partial charge < -0.3 is 24.8 Å². The Bertz CT molecular complexity index is 706. The highest BCUT2D eigenvalue weighted by molar-refractivity contribution is 5.96. The van der Waals surface area contributed by atoms with Gasteiger partial charge in [-0.25, -0.2) is 0 Å². The number of ether oxygens (including phenoxy) is 3. The summed E-state index contributed by atoms with van der Waals surface area (Å²) in [7, 11) is 2.97. The van der Waals surface area contributed by atoms with Crippen molar-refractivity contribution in [2.24, 2.45) is 5.92 Å². The predicted molar refractivity (Wildman–Crippen MR) is 102 cm³/mol. The summed E-state index contributed by atoms with van der Waals surface area (Å²) >= 11 is 0. The lowest BCUT2D eigenvalue weighted by Crippen LogP contribution is -2.43. The molecule has 1 aromatic rings. The monoisotopic (exact) mass is 392 g/mol. The van der Waals surface area contributed by atoms with Crippen molar-refractivity contribution in [2.45, 2.75) is 38.6 Å². The van der Waals surface area contributed by atoms with Crippen LogP contribution in [0.1, 0.15) is 43.0 Å². The largest absolute Gasteiger partial charge is 0.493 e. The van der Waals surface area contributed by atoms with Crippen LogP contribution in [0.25, 0.3) is 0 Å². The first kappa shape index (κ1) is 21.5. The van der Waals surface area contributed by atoms with Gasteiger partial charge in [0.05, 0.1) is 14.2 Å². The van der Waals surface area contributed by atoms with E-state index in [4.69, 9.17) is 14.2 Å². The molecule has 8 nitrogen and oxygen atoms in total. The van der Waals surface area contributed by atoms with Crippen molar-refractivity contribution in [3.63, 3.8) is 0 Å². The molecule has 1 aromatic carbocycles. The molecule has 2 amide bonds. The van der Waals surface area contributed by atoms with Crippen LogP contribution in [-0.2, 0) is 14.3 Å². The summed E-state index contributed by atoms with van der Waals surface area (Å²) in [4.78, 5) is 35.9. The maximum atomic E-state index is 12.2. The Morgan fingerprint density at radius 1 is 1.07 bits per heavy atom. The summed E-state index contributed by atoms with van der Waals surface area (Å²) < 4.78 is 15.2. The number of esters is 1. The van der Waals surface area contributed by atoms with Gasteiger partial charge in [-0.1, -0.05) is 19.8 Å². The number of rotatable bonds is 8. The van der Waals surface area contributed by atoms with Crippen molar-refractivity contribution in [3.05, 3.63) is 23.8 Å². The molecule has 0 aromatic heterocycles. The maximum Gasteiger partial charge on any atom is 0.325 e.